The summed E-state index contributed by atoms with van der Waals surface area (Å²) in [6.45, 7) is 7.69. The highest BCUT2D eigenvalue weighted by Crippen LogP contribution is 2.34. The van der Waals surface area contributed by atoms with Crippen LogP contribution in [0, 0.1) is 19.8 Å². The predicted octanol–water partition coefficient (Wildman–Crippen LogP) is 3.82. The highest BCUT2D eigenvalue weighted by molar-refractivity contribution is 6.29. The molecule has 1 aliphatic carbocycles. The van der Waals surface area contributed by atoms with Gasteiger partial charge in [-0.3, -0.25) is 9.79 Å². The third-order valence-corrected chi connectivity index (χ3v) is 3.53. The van der Waals surface area contributed by atoms with Crippen LogP contribution in [0.4, 0.5) is 5.69 Å². The quantitative estimate of drug-likeness (QED) is 0.895. The van der Waals surface area contributed by atoms with Crippen LogP contribution in [0.2, 0.25) is 0 Å². The van der Waals surface area contributed by atoms with Crippen LogP contribution >= 0.6 is 0 Å². The van der Waals surface area contributed by atoms with Crippen molar-refractivity contribution in [3.05, 3.63) is 40.7 Å². The monoisotopic (exact) mass is 257 g/mol. The Kier molecular flexibility index (Phi) is 3.56. The lowest BCUT2D eigenvalue weighted by Crippen LogP contribution is -2.33. The number of Topliss-reactive ketones (excluding diaryl/α,β-unsaturated/α-hetero) is 1. The molecule has 1 atom stereocenters. The largest absolute Gasteiger partial charge is 0.511 e. The average Bonchev–Trinajstić information content (AvgIpc) is 2.39. The minimum Gasteiger partial charge on any atom is -0.511 e. The number of ketones is 1. The van der Waals surface area contributed by atoms with Crippen LogP contribution in [0.5, 0.6) is 0 Å². The molecule has 0 aromatic heterocycles. The highest BCUT2D eigenvalue weighted by atomic mass is 16.3. The fraction of sp³-hybridized carbons (Fsp3) is 0.375. The van der Waals surface area contributed by atoms with Gasteiger partial charge in [-0.25, -0.2) is 0 Å². The summed E-state index contributed by atoms with van der Waals surface area (Å²) < 4.78 is 0. The lowest BCUT2D eigenvalue weighted by Gasteiger charge is -2.28. The predicted molar refractivity (Wildman–Crippen MR) is 77.1 cm³/mol. The normalized spacial score (nSPS) is 20.6. The van der Waals surface area contributed by atoms with Gasteiger partial charge in [0.1, 0.15) is 5.76 Å². The van der Waals surface area contributed by atoms with Crippen molar-refractivity contribution in [2.75, 3.05) is 0 Å². The maximum atomic E-state index is 11.8. The first kappa shape index (κ1) is 13.5. The second-order valence-corrected chi connectivity index (χ2v) is 5.05. The number of carbonyl (C=O) groups is 1. The second-order valence-electron chi connectivity index (χ2n) is 5.05. The molecule has 0 heterocycles. The number of nitrogens with zero attached hydrogens (tertiary/aromatic N) is 1. The molecule has 0 saturated carbocycles. The Morgan fingerprint density at radius 2 is 2.05 bits per heavy atom. The number of aryl methyl sites for hydroxylation is 2. The zero-order chi connectivity index (χ0) is 14.2. The van der Waals surface area contributed by atoms with Gasteiger partial charge in [-0.05, 0) is 32.4 Å². The van der Waals surface area contributed by atoms with Crippen LogP contribution in [0.25, 0.3) is 0 Å². The van der Waals surface area contributed by atoms with Gasteiger partial charge in [-0.15, -0.1) is 0 Å². The van der Waals surface area contributed by atoms with Crippen molar-refractivity contribution in [3.8, 4) is 0 Å². The van der Waals surface area contributed by atoms with Crippen molar-refractivity contribution in [2.24, 2.45) is 10.9 Å². The van der Waals surface area contributed by atoms with Crippen molar-refractivity contribution >= 4 is 17.2 Å². The number of benzene rings is 1. The number of hydrogen-bond acceptors (Lipinski definition) is 3. The summed E-state index contributed by atoms with van der Waals surface area (Å²) in [4.78, 5) is 16.4. The topological polar surface area (TPSA) is 49.7 Å². The smallest absolute Gasteiger partial charge is 0.167 e. The Morgan fingerprint density at radius 1 is 1.37 bits per heavy atom. The molecule has 0 radical (unpaired) electrons. The molecule has 0 spiro atoms. The van der Waals surface area contributed by atoms with E-state index in [1.165, 1.54) is 5.56 Å². The van der Waals surface area contributed by atoms with E-state index in [1.807, 2.05) is 32.9 Å². The second kappa shape index (κ2) is 5.00. The molecule has 1 N–H and O–H groups in total. The van der Waals surface area contributed by atoms with Crippen LogP contribution in [-0.2, 0) is 4.79 Å². The highest BCUT2D eigenvalue weighted by Gasteiger charge is 2.37. The van der Waals surface area contributed by atoms with Crippen LogP contribution in [0.1, 0.15) is 31.4 Å². The molecule has 0 fully saturated rings. The summed E-state index contributed by atoms with van der Waals surface area (Å²) in [5.74, 6) is -0.0133. The molecule has 100 valence electrons. The fourth-order valence-corrected chi connectivity index (χ4v) is 2.29. The Balaban J connectivity index is 2.42. The fourth-order valence-electron chi connectivity index (χ4n) is 2.29. The zero-order valence-corrected chi connectivity index (χ0v) is 11.8. The number of allylic oxidation sites excluding steroid dienone is 2. The van der Waals surface area contributed by atoms with Gasteiger partial charge in [0.05, 0.1) is 22.9 Å². The molecule has 19 heavy (non-hydrogen) atoms. The zero-order valence-electron chi connectivity index (χ0n) is 11.8. The Morgan fingerprint density at radius 3 is 2.63 bits per heavy atom. The van der Waals surface area contributed by atoms with Crippen molar-refractivity contribution in [2.45, 2.75) is 34.1 Å². The van der Waals surface area contributed by atoms with Gasteiger partial charge in [0.15, 0.2) is 5.78 Å². The molecule has 1 aromatic carbocycles. The molecule has 1 aliphatic rings. The molecule has 3 nitrogen and oxygen atoms in total. The average molecular weight is 257 g/mol. The lowest BCUT2D eigenvalue weighted by molar-refractivity contribution is -0.115. The van der Waals surface area contributed by atoms with Gasteiger partial charge in [0.2, 0.25) is 0 Å². The van der Waals surface area contributed by atoms with Crippen LogP contribution < -0.4 is 0 Å². The minimum atomic E-state index is -0.147. The molecular weight excluding hydrogens is 238 g/mol. The SMILES string of the molecule is CCC(=O)C1=C(O)C(C)C1=Nc1ccc(C)cc1C. The standard InChI is InChI=1S/C16H19NO2/c1-5-13(18)14-15(11(4)16(14)19)17-12-7-6-9(2)8-10(12)3/h6-8,11,19H,5H2,1-4H3. The summed E-state index contributed by atoms with van der Waals surface area (Å²) in [5.41, 5.74) is 4.24. The van der Waals surface area contributed by atoms with Crippen molar-refractivity contribution in [3.63, 3.8) is 0 Å². The van der Waals surface area contributed by atoms with Gasteiger partial charge < -0.3 is 5.11 Å². The maximum Gasteiger partial charge on any atom is 0.167 e. The molecule has 0 amide bonds. The van der Waals surface area contributed by atoms with Crippen molar-refractivity contribution in [1.29, 1.82) is 0 Å². The van der Waals surface area contributed by atoms with E-state index in [2.05, 4.69) is 11.1 Å². The van der Waals surface area contributed by atoms with Gasteiger partial charge in [0, 0.05) is 6.42 Å². The molecule has 1 aromatic rings. The van der Waals surface area contributed by atoms with E-state index in [4.69, 9.17) is 0 Å². The van der Waals surface area contributed by atoms with Crippen molar-refractivity contribution in [1.82, 2.24) is 0 Å². The molecular formula is C16H19NO2. The first-order valence-corrected chi connectivity index (χ1v) is 6.58. The molecule has 0 aliphatic heterocycles. The molecule has 2 rings (SSSR count). The van der Waals surface area contributed by atoms with Crippen LogP contribution in [-0.4, -0.2) is 16.6 Å². The first-order chi connectivity index (χ1) is 8.95. The summed E-state index contributed by atoms with van der Waals surface area (Å²) in [6, 6.07) is 6.02. The van der Waals surface area contributed by atoms with Crippen LogP contribution in [0.15, 0.2) is 34.5 Å². The summed E-state index contributed by atoms with van der Waals surface area (Å²) in [7, 11) is 0. The maximum absolute atomic E-state index is 11.8. The number of hydrogen-bond donors (Lipinski definition) is 1. The van der Waals surface area contributed by atoms with Gasteiger partial charge in [0.25, 0.3) is 0 Å². The van der Waals surface area contributed by atoms with E-state index < -0.39 is 0 Å². The Hall–Kier alpha value is -1.90. The third-order valence-electron chi connectivity index (χ3n) is 3.53. The summed E-state index contributed by atoms with van der Waals surface area (Å²) >= 11 is 0. The van der Waals surface area contributed by atoms with E-state index in [0.717, 1.165) is 11.3 Å². The third kappa shape index (κ3) is 2.33. The molecule has 3 heteroatoms. The molecule has 0 saturated heterocycles. The van der Waals surface area contributed by atoms with E-state index in [1.54, 1.807) is 6.92 Å². The lowest BCUT2D eigenvalue weighted by atomic mass is 9.79. The number of carbonyl (C=O) groups excluding carboxylic acids is 1. The van der Waals surface area contributed by atoms with E-state index in [-0.39, 0.29) is 17.5 Å². The van der Waals surface area contributed by atoms with E-state index in [9.17, 15) is 9.90 Å². The Bertz CT molecular complexity index is 597. The van der Waals surface area contributed by atoms with Gasteiger partial charge in [-0.2, -0.15) is 0 Å². The number of aliphatic hydroxyl groups is 1. The van der Waals surface area contributed by atoms with Crippen molar-refractivity contribution < 1.29 is 9.90 Å². The summed E-state index contributed by atoms with van der Waals surface area (Å²) in [6.07, 6.45) is 0.387. The first-order valence-electron chi connectivity index (χ1n) is 6.58. The Labute approximate surface area is 113 Å². The summed E-state index contributed by atoms with van der Waals surface area (Å²) in [5, 5.41) is 9.82. The van der Waals surface area contributed by atoms with E-state index >= 15 is 0 Å². The number of aliphatic imine (C=N–C) groups is 1. The van der Waals surface area contributed by atoms with Crippen LogP contribution in [0.3, 0.4) is 0 Å². The number of aliphatic hydroxyl groups excluding tert-OH is 1. The number of rotatable bonds is 3. The van der Waals surface area contributed by atoms with Gasteiger partial charge in [-0.1, -0.05) is 24.6 Å². The minimum absolute atomic E-state index is 0.0425. The van der Waals surface area contributed by atoms with Gasteiger partial charge >= 0.3 is 0 Å². The van der Waals surface area contributed by atoms with E-state index in [0.29, 0.717) is 17.7 Å². The molecule has 0 bridgehead atoms. The molecule has 1 unspecified atom stereocenters.